The van der Waals surface area contributed by atoms with Gasteiger partial charge in [-0.2, -0.15) is 0 Å². The lowest BCUT2D eigenvalue weighted by Gasteiger charge is -2.31. The molecule has 0 spiro atoms. The molecule has 196 valence electrons. The highest BCUT2D eigenvalue weighted by molar-refractivity contribution is 9.10. The average Bonchev–Trinajstić information content (AvgIpc) is 2.93. The van der Waals surface area contributed by atoms with Gasteiger partial charge in [-0.3, -0.25) is 0 Å². The van der Waals surface area contributed by atoms with Crippen LogP contribution in [-0.4, -0.2) is 40.2 Å². The number of aromatic nitrogens is 2. The van der Waals surface area contributed by atoms with Crippen molar-refractivity contribution in [3.8, 4) is 5.75 Å². The molecule has 3 aromatic carbocycles. The van der Waals surface area contributed by atoms with Crippen molar-refractivity contribution in [1.82, 2.24) is 14.9 Å². The summed E-state index contributed by atoms with van der Waals surface area (Å²) in [5, 5.41) is 3.57. The van der Waals surface area contributed by atoms with Crippen molar-refractivity contribution in [3.05, 3.63) is 86.8 Å². The Morgan fingerprint density at radius 3 is 2.63 bits per heavy atom. The summed E-state index contributed by atoms with van der Waals surface area (Å²) in [7, 11) is 0. The summed E-state index contributed by atoms with van der Waals surface area (Å²) < 4.78 is 27.1. The molecule has 0 bridgehead atoms. The second-order valence-electron chi connectivity index (χ2n) is 8.71. The highest BCUT2D eigenvalue weighted by atomic mass is 79.9. The summed E-state index contributed by atoms with van der Waals surface area (Å²) in [5.74, 6) is 0.309. The highest BCUT2D eigenvalue weighted by Gasteiger charge is 2.26. The molecule has 0 radical (unpaired) electrons. The van der Waals surface area contributed by atoms with Crippen LogP contribution in [0.25, 0.3) is 10.9 Å². The fraction of sp³-hybridized carbons (Fsp3) is 0.222. The Hall–Kier alpha value is -3.14. The maximum absolute atomic E-state index is 14.6. The second-order valence-corrected chi connectivity index (χ2v) is 10.4. The number of amides is 1. The zero-order chi connectivity index (χ0) is 26.6. The van der Waals surface area contributed by atoms with E-state index in [4.69, 9.17) is 32.7 Å². The molecule has 11 heteroatoms. The zero-order valence-corrected chi connectivity index (χ0v) is 23.1. The second kappa shape index (κ2) is 11.7. The molecule has 0 unspecified atom stereocenters. The molecule has 2 heterocycles. The Morgan fingerprint density at radius 2 is 1.87 bits per heavy atom. The smallest absolute Gasteiger partial charge is 0.410 e. The maximum Gasteiger partial charge on any atom is 0.410 e. The number of benzene rings is 3. The largest absolute Gasteiger partial charge is 0.489 e. The number of nitrogens with one attached hydrogen (secondary N) is 1. The van der Waals surface area contributed by atoms with Crippen molar-refractivity contribution in [2.45, 2.75) is 25.6 Å². The van der Waals surface area contributed by atoms with E-state index in [-0.39, 0.29) is 34.5 Å². The number of piperidine rings is 1. The number of likely N-dealkylation sites (tertiary alicyclic amines) is 1. The summed E-state index contributed by atoms with van der Waals surface area (Å²) >= 11 is 15.4. The van der Waals surface area contributed by atoms with Gasteiger partial charge in [-0.25, -0.2) is 19.2 Å². The van der Waals surface area contributed by atoms with Crippen LogP contribution in [0.3, 0.4) is 0 Å². The molecule has 4 aromatic rings. The van der Waals surface area contributed by atoms with Gasteiger partial charge in [0, 0.05) is 31.3 Å². The minimum atomic E-state index is -0.673. The van der Waals surface area contributed by atoms with Gasteiger partial charge in [0.2, 0.25) is 0 Å². The summed E-state index contributed by atoms with van der Waals surface area (Å²) in [5.41, 5.74) is 1.72. The number of hydrogen-bond acceptors (Lipinski definition) is 6. The molecule has 1 aliphatic rings. The monoisotopic (exact) mass is 618 g/mol. The van der Waals surface area contributed by atoms with Gasteiger partial charge in [-0.15, -0.1) is 0 Å². The third-order valence-electron chi connectivity index (χ3n) is 6.18. The molecule has 0 saturated carbocycles. The fourth-order valence-corrected chi connectivity index (χ4v) is 4.88. The molecule has 1 N–H and O–H groups in total. The van der Waals surface area contributed by atoms with Crippen LogP contribution in [-0.2, 0) is 11.3 Å². The van der Waals surface area contributed by atoms with Crippen LogP contribution in [0.15, 0.2) is 65.4 Å². The molecule has 7 nitrogen and oxygen atoms in total. The third-order valence-corrected chi connectivity index (χ3v) is 7.58. The lowest BCUT2D eigenvalue weighted by Crippen LogP contribution is -2.42. The van der Waals surface area contributed by atoms with E-state index >= 15 is 0 Å². The van der Waals surface area contributed by atoms with Crippen LogP contribution >= 0.6 is 39.1 Å². The van der Waals surface area contributed by atoms with Gasteiger partial charge in [0.05, 0.1) is 25.7 Å². The van der Waals surface area contributed by atoms with Crippen molar-refractivity contribution < 1.29 is 18.7 Å². The van der Waals surface area contributed by atoms with Crippen LogP contribution in [0.1, 0.15) is 18.4 Å². The normalized spacial score (nSPS) is 13.9. The Labute approximate surface area is 237 Å². The van der Waals surface area contributed by atoms with Crippen LogP contribution in [0.4, 0.5) is 20.7 Å². The molecule has 5 rings (SSSR count). The molecule has 0 aliphatic carbocycles. The highest BCUT2D eigenvalue weighted by Crippen LogP contribution is 2.36. The lowest BCUT2D eigenvalue weighted by atomic mass is 10.1. The predicted octanol–water partition coefficient (Wildman–Crippen LogP) is 7.76. The minimum Gasteiger partial charge on any atom is -0.489 e. The fourth-order valence-electron chi connectivity index (χ4n) is 4.14. The zero-order valence-electron chi connectivity index (χ0n) is 20.0. The number of fused-ring (bicyclic) bond motifs is 1. The van der Waals surface area contributed by atoms with Gasteiger partial charge in [-0.1, -0.05) is 53.5 Å². The first-order valence-electron chi connectivity index (χ1n) is 11.9. The van der Waals surface area contributed by atoms with Gasteiger partial charge in [0.25, 0.3) is 0 Å². The minimum absolute atomic E-state index is 0.101. The number of carbonyl (C=O) groups is 1. The number of anilines is 2. The van der Waals surface area contributed by atoms with Gasteiger partial charge in [0.15, 0.2) is 5.82 Å². The molecular weight excluding hydrogens is 598 g/mol. The summed E-state index contributed by atoms with van der Waals surface area (Å²) in [4.78, 5) is 22.8. The van der Waals surface area contributed by atoms with E-state index in [1.54, 1.807) is 11.0 Å². The van der Waals surface area contributed by atoms with E-state index in [9.17, 15) is 9.18 Å². The van der Waals surface area contributed by atoms with E-state index in [1.807, 2.05) is 36.4 Å². The van der Waals surface area contributed by atoms with Crippen LogP contribution < -0.4 is 10.1 Å². The predicted molar refractivity (Wildman–Crippen MR) is 149 cm³/mol. The molecule has 1 aliphatic heterocycles. The number of hydrogen-bond donors (Lipinski definition) is 1. The summed E-state index contributed by atoms with van der Waals surface area (Å²) in [6, 6.07) is 16.2. The Bertz CT molecular complexity index is 1470. The van der Waals surface area contributed by atoms with E-state index in [1.165, 1.54) is 18.5 Å². The molecule has 0 atom stereocenters. The van der Waals surface area contributed by atoms with E-state index < -0.39 is 5.82 Å². The van der Waals surface area contributed by atoms with Gasteiger partial charge in [-0.05, 0) is 45.8 Å². The number of nitrogens with zero attached hydrogens (tertiary/aromatic N) is 3. The van der Waals surface area contributed by atoms with Crippen molar-refractivity contribution in [2.75, 3.05) is 18.4 Å². The number of carbonyl (C=O) groups excluding carboxylic acids is 1. The standard InChI is InChI=1S/C27H22BrCl2FN4O3/c28-19-13-22-18(26(33-15-32-22)34-21-7-6-20(29)24(30)25(21)31)12-23(19)38-17-8-10-35(11-9-17)27(36)37-14-16-4-2-1-3-5-16/h1-7,12-13,15,17H,8-11,14H2,(H,32,33,34). The van der Waals surface area contributed by atoms with Crippen LogP contribution in [0, 0.1) is 5.82 Å². The van der Waals surface area contributed by atoms with Gasteiger partial charge < -0.3 is 19.7 Å². The lowest BCUT2D eigenvalue weighted by molar-refractivity contribution is 0.0637. The van der Waals surface area contributed by atoms with E-state index in [0.717, 1.165) is 10.0 Å². The molecular formula is C27H22BrCl2FN4O3. The summed E-state index contributed by atoms with van der Waals surface area (Å²) in [6.07, 6.45) is 2.25. The van der Waals surface area contributed by atoms with Gasteiger partial charge in [0.1, 0.15) is 30.6 Å². The molecule has 1 aromatic heterocycles. The van der Waals surface area contributed by atoms with Crippen molar-refractivity contribution in [2.24, 2.45) is 0 Å². The topological polar surface area (TPSA) is 76.6 Å². The average molecular weight is 620 g/mol. The first-order valence-corrected chi connectivity index (χ1v) is 13.4. The molecule has 1 fully saturated rings. The maximum atomic E-state index is 14.6. The van der Waals surface area contributed by atoms with E-state index in [0.29, 0.717) is 48.4 Å². The quantitative estimate of drug-likeness (QED) is 0.222. The first-order chi connectivity index (χ1) is 18.4. The Balaban J connectivity index is 1.26. The molecule has 1 amide bonds. The number of halogens is 4. The first kappa shape index (κ1) is 26.5. The van der Waals surface area contributed by atoms with Gasteiger partial charge >= 0.3 is 6.09 Å². The number of rotatable bonds is 6. The third kappa shape index (κ3) is 5.95. The van der Waals surface area contributed by atoms with Crippen molar-refractivity contribution >= 4 is 67.6 Å². The van der Waals surface area contributed by atoms with Crippen LogP contribution in [0.5, 0.6) is 5.75 Å². The Morgan fingerprint density at radius 1 is 1.11 bits per heavy atom. The Kier molecular flexibility index (Phi) is 8.16. The number of ether oxygens (including phenoxy) is 2. The van der Waals surface area contributed by atoms with Crippen molar-refractivity contribution in [1.29, 1.82) is 0 Å². The molecule has 38 heavy (non-hydrogen) atoms. The van der Waals surface area contributed by atoms with E-state index in [2.05, 4.69) is 31.2 Å². The van der Waals surface area contributed by atoms with Crippen molar-refractivity contribution in [3.63, 3.8) is 0 Å². The molecule has 1 saturated heterocycles. The summed E-state index contributed by atoms with van der Waals surface area (Å²) in [6.45, 7) is 1.29. The SMILES string of the molecule is O=C(OCc1ccccc1)N1CCC(Oc2cc3c(Nc4ccc(Cl)c(Cl)c4F)ncnc3cc2Br)CC1. The van der Waals surface area contributed by atoms with Crippen LogP contribution in [0.2, 0.25) is 10.0 Å².